The van der Waals surface area contributed by atoms with Crippen LogP contribution in [-0.4, -0.2) is 37.5 Å². The third-order valence-electron chi connectivity index (χ3n) is 3.05. The van der Waals surface area contributed by atoms with Crippen LogP contribution in [0.4, 0.5) is 0 Å². The Morgan fingerprint density at radius 1 is 1.06 bits per heavy atom. The highest BCUT2D eigenvalue weighted by Gasteiger charge is 2.29. The number of nitrogens with one attached hydrogen (secondary N) is 3. The van der Waals surface area contributed by atoms with Crippen molar-refractivity contribution in [1.82, 2.24) is 16.0 Å². The molecule has 1 saturated carbocycles. The predicted octanol–water partition coefficient (Wildman–Crippen LogP) is -0.619. The smallest absolute Gasteiger partial charge is 0.237 e. The quantitative estimate of drug-likeness (QED) is 0.546. The van der Waals surface area contributed by atoms with Crippen molar-refractivity contribution < 1.29 is 9.59 Å². The lowest BCUT2D eigenvalue weighted by atomic mass is 10.2. The van der Waals surface area contributed by atoms with E-state index in [0.717, 1.165) is 32.2 Å². The second kappa shape index (κ2) is 5.30. The zero-order chi connectivity index (χ0) is 11.4. The molecule has 16 heavy (non-hydrogen) atoms. The van der Waals surface area contributed by atoms with Crippen molar-refractivity contribution in [3.8, 4) is 0 Å². The lowest BCUT2D eigenvalue weighted by Gasteiger charge is -2.11. The van der Waals surface area contributed by atoms with Crippen molar-refractivity contribution in [2.45, 2.75) is 31.7 Å². The van der Waals surface area contributed by atoms with Crippen LogP contribution in [0.25, 0.3) is 0 Å². The molecule has 0 aromatic rings. The third kappa shape index (κ3) is 3.20. The fourth-order valence-corrected chi connectivity index (χ4v) is 1.89. The van der Waals surface area contributed by atoms with Gasteiger partial charge in [-0.1, -0.05) is 0 Å². The van der Waals surface area contributed by atoms with Gasteiger partial charge in [-0.15, -0.1) is 0 Å². The van der Waals surface area contributed by atoms with Crippen LogP contribution in [0.2, 0.25) is 0 Å². The minimum atomic E-state index is -0.0286. The Bertz CT molecular complexity index is 270. The van der Waals surface area contributed by atoms with Crippen molar-refractivity contribution in [3.63, 3.8) is 0 Å². The van der Waals surface area contributed by atoms with Crippen molar-refractivity contribution in [3.05, 3.63) is 0 Å². The van der Waals surface area contributed by atoms with E-state index < -0.39 is 0 Å². The van der Waals surface area contributed by atoms with Crippen LogP contribution in [-0.2, 0) is 9.59 Å². The number of amides is 2. The first-order valence-electron chi connectivity index (χ1n) is 6.06. The molecule has 1 aliphatic carbocycles. The van der Waals surface area contributed by atoms with Gasteiger partial charge in [-0.25, -0.2) is 0 Å². The van der Waals surface area contributed by atoms with Gasteiger partial charge in [0.2, 0.25) is 11.8 Å². The summed E-state index contributed by atoms with van der Waals surface area (Å²) in [4.78, 5) is 22.8. The number of rotatable bonds is 5. The normalized spacial score (nSPS) is 24.1. The zero-order valence-corrected chi connectivity index (χ0v) is 9.42. The molecule has 2 amide bonds. The molecule has 90 valence electrons. The minimum absolute atomic E-state index is 0.0286. The molecule has 0 bridgehead atoms. The Hall–Kier alpha value is -1.10. The first-order chi connectivity index (χ1) is 7.77. The molecule has 5 heteroatoms. The van der Waals surface area contributed by atoms with Gasteiger partial charge < -0.3 is 16.0 Å². The van der Waals surface area contributed by atoms with Crippen molar-refractivity contribution in [2.24, 2.45) is 5.92 Å². The summed E-state index contributed by atoms with van der Waals surface area (Å²) in [7, 11) is 0. The summed E-state index contributed by atoms with van der Waals surface area (Å²) < 4.78 is 0. The summed E-state index contributed by atoms with van der Waals surface area (Å²) in [5.41, 5.74) is 0. The van der Waals surface area contributed by atoms with Gasteiger partial charge in [0.15, 0.2) is 0 Å². The number of carbonyl (C=O) groups excluding carboxylic acids is 2. The van der Waals surface area contributed by atoms with Crippen LogP contribution in [0.1, 0.15) is 25.7 Å². The third-order valence-corrected chi connectivity index (χ3v) is 3.05. The van der Waals surface area contributed by atoms with Gasteiger partial charge in [-0.05, 0) is 32.2 Å². The monoisotopic (exact) mass is 225 g/mol. The number of carbonyl (C=O) groups is 2. The fourth-order valence-electron chi connectivity index (χ4n) is 1.89. The minimum Gasteiger partial charge on any atom is -0.354 e. The fraction of sp³-hybridized carbons (Fsp3) is 0.818. The van der Waals surface area contributed by atoms with Crippen LogP contribution in [0.15, 0.2) is 0 Å². The molecule has 1 atom stereocenters. The molecule has 1 saturated heterocycles. The molecular weight excluding hydrogens is 206 g/mol. The molecule has 2 rings (SSSR count). The van der Waals surface area contributed by atoms with E-state index in [9.17, 15) is 9.59 Å². The van der Waals surface area contributed by atoms with E-state index in [1.807, 2.05) is 0 Å². The van der Waals surface area contributed by atoms with Crippen LogP contribution in [0.5, 0.6) is 0 Å². The Morgan fingerprint density at radius 3 is 2.31 bits per heavy atom. The van der Waals surface area contributed by atoms with Gasteiger partial charge >= 0.3 is 0 Å². The van der Waals surface area contributed by atoms with E-state index in [0.29, 0.717) is 13.1 Å². The Morgan fingerprint density at radius 2 is 1.75 bits per heavy atom. The lowest BCUT2D eigenvalue weighted by Crippen LogP contribution is -2.43. The van der Waals surface area contributed by atoms with Gasteiger partial charge in [0.05, 0.1) is 6.04 Å². The summed E-state index contributed by atoms with van der Waals surface area (Å²) in [6.07, 6.45) is 4.02. The molecule has 2 fully saturated rings. The van der Waals surface area contributed by atoms with E-state index >= 15 is 0 Å². The van der Waals surface area contributed by atoms with Crippen LogP contribution >= 0.6 is 0 Å². The summed E-state index contributed by atoms with van der Waals surface area (Å²) in [5, 5.41) is 8.77. The Labute approximate surface area is 95.3 Å². The number of hydrogen-bond donors (Lipinski definition) is 3. The van der Waals surface area contributed by atoms with Gasteiger partial charge in [-0.2, -0.15) is 0 Å². The molecule has 5 nitrogen and oxygen atoms in total. The Kier molecular flexibility index (Phi) is 3.77. The molecule has 0 aromatic carbocycles. The molecule has 1 heterocycles. The standard InChI is InChI=1S/C11H19N3O2/c15-10(8-3-4-8)13-6-7-14-11(16)9-2-1-5-12-9/h8-9,12H,1-7H2,(H,13,15)(H,14,16)/t9-/m1/s1. The molecule has 1 aliphatic heterocycles. The van der Waals surface area contributed by atoms with Gasteiger partial charge in [0, 0.05) is 19.0 Å². The SMILES string of the molecule is O=C(NCCNC(=O)[C@H]1CCCN1)C1CC1. The highest BCUT2D eigenvalue weighted by atomic mass is 16.2. The van der Waals surface area contributed by atoms with Crippen molar-refractivity contribution in [2.75, 3.05) is 19.6 Å². The van der Waals surface area contributed by atoms with E-state index in [2.05, 4.69) is 16.0 Å². The first kappa shape index (κ1) is 11.4. The largest absolute Gasteiger partial charge is 0.354 e. The van der Waals surface area contributed by atoms with Crippen LogP contribution in [0.3, 0.4) is 0 Å². The maximum Gasteiger partial charge on any atom is 0.237 e. The van der Waals surface area contributed by atoms with Crippen molar-refractivity contribution >= 4 is 11.8 Å². The van der Waals surface area contributed by atoms with Crippen molar-refractivity contribution in [1.29, 1.82) is 0 Å². The predicted molar refractivity (Wildman–Crippen MR) is 59.8 cm³/mol. The van der Waals surface area contributed by atoms with E-state index in [1.54, 1.807) is 0 Å². The second-order valence-corrected chi connectivity index (χ2v) is 4.51. The van der Waals surface area contributed by atoms with Crippen LogP contribution < -0.4 is 16.0 Å². The molecule has 3 N–H and O–H groups in total. The number of hydrogen-bond acceptors (Lipinski definition) is 3. The van der Waals surface area contributed by atoms with E-state index in [1.165, 1.54) is 0 Å². The molecule has 0 spiro atoms. The van der Waals surface area contributed by atoms with Gasteiger partial charge in [-0.3, -0.25) is 9.59 Å². The summed E-state index contributed by atoms with van der Waals surface area (Å²) >= 11 is 0. The molecule has 0 radical (unpaired) electrons. The molecular formula is C11H19N3O2. The maximum atomic E-state index is 11.5. The first-order valence-corrected chi connectivity index (χ1v) is 6.06. The maximum absolute atomic E-state index is 11.5. The average Bonchev–Trinajstić information content (AvgIpc) is 2.99. The topological polar surface area (TPSA) is 70.2 Å². The molecule has 0 unspecified atom stereocenters. The van der Waals surface area contributed by atoms with Crippen LogP contribution in [0, 0.1) is 5.92 Å². The molecule has 0 aromatic heterocycles. The zero-order valence-electron chi connectivity index (χ0n) is 9.42. The highest BCUT2D eigenvalue weighted by Crippen LogP contribution is 2.28. The highest BCUT2D eigenvalue weighted by molar-refractivity contribution is 5.82. The second-order valence-electron chi connectivity index (χ2n) is 4.51. The van der Waals surface area contributed by atoms with Gasteiger partial charge in [0.1, 0.15) is 0 Å². The summed E-state index contributed by atoms with van der Waals surface area (Å²) in [5.74, 6) is 0.429. The van der Waals surface area contributed by atoms with Gasteiger partial charge in [0.25, 0.3) is 0 Å². The van der Waals surface area contributed by atoms with E-state index in [-0.39, 0.29) is 23.8 Å². The Balaban J connectivity index is 1.53. The summed E-state index contributed by atoms with van der Waals surface area (Å²) in [6, 6.07) is -0.0286. The molecule has 2 aliphatic rings. The average molecular weight is 225 g/mol. The van der Waals surface area contributed by atoms with E-state index in [4.69, 9.17) is 0 Å². The summed E-state index contributed by atoms with van der Waals surface area (Å²) in [6.45, 7) is 1.99. The lowest BCUT2D eigenvalue weighted by molar-refractivity contribution is -0.124.